The Labute approximate surface area is 169 Å². The summed E-state index contributed by atoms with van der Waals surface area (Å²) in [5.74, 6) is 1.67. The van der Waals surface area contributed by atoms with Gasteiger partial charge in [0.2, 0.25) is 5.91 Å². The number of ether oxygens (including phenoxy) is 2. The van der Waals surface area contributed by atoms with Gasteiger partial charge in [-0.05, 0) is 67.5 Å². The van der Waals surface area contributed by atoms with E-state index in [-0.39, 0.29) is 18.2 Å². The lowest BCUT2D eigenvalue weighted by molar-refractivity contribution is -0.122. The fraction of sp³-hybridized carbons (Fsp3) is 0.429. The molecule has 0 unspecified atom stereocenters. The van der Waals surface area contributed by atoms with Crippen molar-refractivity contribution < 1.29 is 19.1 Å². The summed E-state index contributed by atoms with van der Waals surface area (Å²) in [6.45, 7) is 2.66. The van der Waals surface area contributed by atoms with Gasteiger partial charge in [0, 0.05) is 11.3 Å². The Balaban J connectivity index is 1.35. The van der Waals surface area contributed by atoms with E-state index in [1.165, 1.54) is 28.2 Å². The summed E-state index contributed by atoms with van der Waals surface area (Å²) < 4.78 is 10.7. The highest BCUT2D eigenvalue weighted by molar-refractivity contribution is 7.14. The molecule has 1 aromatic heterocycles. The molecule has 0 fully saturated rings. The molecule has 3 rings (SSSR count). The van der Waals surface area contributed by atoms with Crippen molar-refractivity contribution in [3.05, 3.63) is 45.6 Å². The first kappa shape index (κ1) is 20.2. The SMILES string of the molecule is COc1ccc(OCCCC(=O)NNC(=O)c2cc3c(s2)CC[C@H](C)C3)cc1. The average Bonchev–Trinajstić information content (AvgIpc) is 3.13. The molecule has 1 aromatic carbocycles. The van der Waals surface area contributed by atoms with Crippen LogP contribution in [-0.4, -0.2) is 25.5 Å². The summed E-state index contributed by atoms with van der Waals surface area (Å²) in [6, 6.07) is 9.24. The maximum Gasteiger partial charge on any atom is 0.279 e. The summed E-state index contributed by atoms with van der Waals surface area (Å²) in [4.78, 5) is 26.1. The third-order valence-electron chi connectivity index (χ3n) is 4.74. The summed E-state index contributed by atoms with van der Waals surface area (Å²) in [7, 11) is 1.61. The topological polar surface area (TPSA) is 76.7 Å². The van der Waals surface area contributed by atoms with Crippen LogP contribution in [-0.2, 0) is 17.6 Å². The molecular weight excluding hydrogens is 376 g/mol. The molecule has 0 bridgehead atoms. The van der Waals surface area contributed by atoms with Gasteiger partial charge in [0.05, 0.1) is 18.6 Å². The highest BCUT2D eigenvalue weighted by Gasteiger charge is 2.20. The van der Waals surface area contributed by atoms with Crippen molar-refractivity contribution in [3.8, 4) is 11.5 Å². The number of rotatable bonds is 7. The highest BCUT2D eigenvalue weighted by Crippen LogP contribution is 2.32. The third kappa shape index (κ3) is 5.48. The number of benzene rings is 1. The van der Waals surface area contributed by atoms with Gasteiger partial charge in [0.1, 0.15) is 11.5 Å². The number of carbonyl (C=O) groups excluding carboxylic acids is 2. The van der Waals surface area contributed by atoms with Crippen LogP contribution in [0.3, 0.4) is 0 Å². The van der Waals surface area contributed by atoms with Crippen LogP contribution in [0.25, 0.3) is 0 Å². The van der Waals surface area contributed by atoms with E-state index in [2.05, 4.69) is 17.8 Å². The van der Waals surface area contributed by atoms with Crippen LogP contribution in [0.15, 0.2) is 30.3 Å². The molecule has 1 aliphatic rings. The fourth-order valence-corrected chi connectivity index (χ4v) is 4.27. The zero-order valence-electron chi connectivity index (χ0n) is 16.2. The third-order valence-corrected chi connectivity index (χ3v) is 5.98. The Hall–Kier alpha value is -2.54. The summed E-state index contributed by atoms with van der Waals surface area (Å²) in [6.07, 6.45) is 4.06. The van der Waals surface area contributed by atoms with E-state index in [9.17, 15) is 9.59 Å². The second-order valence-corrected chi connectivity index (χ2v) is 8.17. The van der Waals surface area contributed by atoms with Crippen molar-refractivity contribution >= 4 is 23.2 Å². The number of amides is 2. The Morgan fingerprint density at radius 1 is 1.18 bits per heavy atom. The van der Waals surface area contributed by atoms with Gasteiger partial charge in [0.25, 0.3) is 5.91 Å². The fourth-order valence-electron chi connectivity index (χ4n) is 3.16. The molecule has 0 radical (unpaired) electrons. The second kappa shape index (κ2) is 9.59. The lowest BCUT2D eigenvalue weighted by Gasteiger charge is -2.16. The molecule has 1 aliphatic carbocycles. The number of thiophene rings is 1. The number of carbonyl (C=O) groups is 2. The maximum absolute atomic E-state index is 12.3. The number of hydrogen-bond acceptors (Lipinski definition) is 5. The first-order valence-corrected chi connectivity index (χ1v) is 10.3. The van der Waals surface area contributed by atoms with E-state index in [1.807, 2.05) is 30.3 Å². The Bertz CT molecular complexity index is 816. The number of nitrogens with one attached hydrogen (secondary N) is 2. The van der Waals surface area contributed by atoms with Gasteiger partial charge >= 0.3 is 0 Å². The summed E-state index contributed by atoms with van der Waals surface area (Å²) >= 11 is 1.53. The predicted octanol–water partition coefficient (Wildman–Crippen LogP) is 3.50. The number of hydrazine groups is 1. The van der Waals surface area contributed by atoms with E-state index in [1.54, 1.807) is 7.11 Å². The number of aryl methyl sites for hydroxylation is 1. The van der Waals surface area contributed by atoms with Gasteiger partial charge in [-0.15, -0.1) is 11.3 Å². The normalized spacial score (nSPS) is 15.4. The van der Waals surface area contributed by atoms with E-state index < -0.39 is 0 Å². The molecule has 0 aliphatic heterocycles. The first-order chi connectivity index (χ1) is 13.5. The Morgan fingerprint density at radius 2 is 1.93 bits per heavy atom. The molecule has 6 nitrogen and oxygen atoms in total. The summed E-state index contributed by atoms with van der Waals surface area (Å²) in [5, 5.41) is 0. The smallest absolute Gasteiger partial charge is 0.279 e. The number of fused-ring (bicyclic) bond motifs is 1. The van der Waals surface area contributed by atoms with Crippen molar-refractivity contribution in [2.24, 2.45) is 5.92 Å². The van der Waals surface area contributed by atoms with Gasteiger partial charge in [0.15, 0.2) is 0 Å². The van der Waals surface area contributed by atoms with Gasteiger partial charge in [-0.1, -0.05) is 6.92 Å². The van der Waals surface area contributed by atoms with E-state index in [0.717, 1.165) is 24.3 Å². The van der Waals surface area contributed by atoms with Crippen molar-refractivity contribution in [1.29, 1.82) is 0 Å². The largest absolute Gasteiger partial charge is 0.497 e. The first-order valence-electron chi connectivity index (χ1n) is 9.52. The molecule has 1 atom stereocenters. The standard InChI is InChI=1S/C21H26N2O4S/c1-14-5-10-18-15(12-14)13-19(28-18)21(25)23-22-20(24)4-3-11-27-17-8-6-16(26-2)7-9-17/h6-9,13-14H,3-5,10-12H2,1-2H3,(H,22,24)(H,23,25)/t14-/m0/s1. The highest BCUT2D eigenvalue weighted by atomic mass is 32.1. The quantitative estimate of drug-likeness (QED) is 0.549. The van der Waals surface area contributed by atoms with Gasteiger partial charge in [-0.2, -0.15) is 0 Å². The molecule has 0 saturated carbocycles. The van der Waals surface area contributed by atoms with Gasteiger partial charge in [-0.25, -0.2) is 0 Å². The molecular formula is C21H26N2O4S. The van der Waals surface area contributed by atoms with E-state index in [0.29, 0.717) is 23.8 Å². The van der Waals surface area contributed by atoms with E-state index >= 15 is 0 Å². The van der Waals surface area contributed by atoms with Crippen LogP contribution < -0.4 is 20.3 Å². The zero-order valence-corrected chi connectivity index (χ0v) is 17.1. The van der Waals surface area contributed by atoms with Crippen molar-refractivity contribution in [1.82, 2.24) is 10.9 Å². The lowest BCUT2D eigenvalue weighted by Crippen LogP contribution is -2.41. The number of hydrogen-bond donors (Lipinski definition) is 2. The second-order valence-electron chi connectivity index (χ2n) is 7.04. The van der Waals surface area contributed by atoms with Crippen LogP contribution in [0.4, 0.5) is 0 Å². The molecule has 28 heavy (non-hydrogen) atoms. The average molecular weight is 403 g/mol. The van der Waals surface area contributed by atoms with Gasteiger partial charge < -0.3 is 9.47 Å². The van der Waals surface area contributed by atoms with Crippen LogP contribution in [0, 0.1) is 5.92 Å². The Kier molecular flexibility index (Phi) is 6.92. The molecule has 0 spiro atoms. The van der Waals surface area contributed by atoms with Crippen molar-refractivity contribution in [3.63, 3.8) is 0 Å². The molecule has 2 amide bonds. The van der Waals surface area contributed by atoms with Crippen LogP contribution in [0.5, 0.6) is 11.5 Å². The van der Waals surface area contributed by atoms with Crippen LogP contribution in [0.1, 0.15) is 46.3 Å². The summed E-state index contributed by atoms with van der Waals surface area (Å²) in [5.41, 5.74) is 6.26. The number of methoxy groups -OCH3 is 1. The van der Waals surface area contributed by atoms with Gasteiger partial charge in [-0.3, -0.25) is 20.4 Å². The maximum atomic E-state index is 12.3. The molecule has 2 N–H and O–H groups in total. The molecule has 7 heteroatoms. The predicted molar refractivity (Wildman–Crippen MR) is 109 cm³/mol. The van der Waals surface area contributed by atoms with Crippen LogP contribution in [0.2, 0.25) is 0 Å². The lowest BCUT2D eigenvalue weighted by atomic mass is 9.90. The molecule has 1 heterocycles. The molecule has 0 saturated heterocycles. The minimum absolute atomic E-state index is 0.235. The monoisotopic (exact) mass is 402 g/mol. The van der Waals surface area contributed by atoms with Crippen molar-refractivity contribution in [2.45, 2.75) is 39.0 Å². The minimum atomic E-state index is -0.255. The zero-order chi connectivity index (χ0) is 19.9. The van der Waals surface area contributed by atoms with Crippen LogP contribution >= 0.6 is 11.3 Å². The van der Waals surface area contributed by atoms with E-state index in [4.69, 9.17) is 9.47 Å². The van der Waals surface area contributed by atoms with Crippen molar-refractivity contribution in [2.75, 3.05) is 13.7 Å². The molecule has 2 aromatic rings. The Morgan fingerprint density at radius 3 is 2.68 bits per heavy atom. The minimum Gasteiger partial charge on any atom is -0.497 e. The molecule has 150 valence electrons.